The number of nitrogens with zero attached hydrogens (tertiary/aromatic N) is 2. The zero-order valence-corrected chi connectivity index (χ0v) is 11.9. The van der Waals surface area contributed by atoms with Crippen LogP contribution in [0.4, 0.5) is 8.78 Å². The van der Waals surface area contributed by atoms with Gasteiger partial charge in [-0.3, -0.25) is 4.79 Å². The van der Waals surface area contributed by atoms with E-state index in [9.17, 15) is 18.4 Å². The maximum atomic E-state index is 13.5. The van der Waals surface area contributed by atoms with Crippen LogP contribution in [-0.4, -0.2) is 20.0 Å². The number of carbonyl (C=O) groups is 1. The van der Waals surface area contributed by atoms with Crippen LogP contribution in [0, 0.1) is 18.6 Å². The molecule has 0 saturated heterocycles. The van der Waals surface area contributed by atoms with E-state index in [0.29, 0.717) is 17.4 Å². The number of carboxylic acid groups (broad SMARTS) is 1. The third-order valence-corrected chi connectivity index (χ3v) is 3.97. The van der Waals surface area contributed by atoms with Crippen LogP contribution >= 0.6 is 11.5 Å². The zero-order chi connectivity index (χ0) is 16.0. The molecule has 0 atom stereocenters. The molecule has 5 nitrogen and oxygen atoms in total. The van der Waals surface area contributed by atoms with Crippen LogP contribution in [0.15, 0.2) is 28.5 Å². The number of aryl methyl sites for hydroxylation is 1. The van der Waals surface area contributed by atoms with Gasteiger partial charge in [0.25, 0.3) is 0 Å². The van der Waals surface area contributed by atoms with Gasteiger partial charge in [-0.1, -0.05) is 0 Å². The fraction of sp³-hybridized carbons (Fsp3) is 0.0714. The van der Waals surface area contributed by atoms with Crippen molar-refractivity contribution in [3.63, 3.8) is 0 Å². The quantitative estimate of drug-likeness (QED) is 0.787. The van der Waals surface area contributed by atoms with Crippen LogP contribution in [0.2, 0.25) is 0 Å². The van der Waals surface area contributed by atoms with E-state index in [4.69, 9.17) is 5.11 Å². The topological polar surface area (TPSA) is 72.2 Å². The molecule has 0 radical (unpaired) electrons. The average molecular weight is 322 g/mol. The molecule has 1 aromatic carbocycles. The molecule has 0 bridgehead atoms. The Morgan fingerprint density at radius 3 is 2.59 bits per heavy atom. The number of halogens is 2. The fourth-order valence-corrected chi connectivity index (χ4v) is 2.88. The number of pyridine rings is 1. The van der Waals surface area contributed by atoms with Crippen LogP contribution in [0.1, 0.15) is 16.1 Å². The van der Waals surface area contributed by atoms with Crippen molar-refractivity contribution in [2.24, 2.45) is 0 Å². The molecule has 2 aromatic heterocycles. The first kappa shape index (κ1) is 14.3. The molecule has 22 heavy (non-hydrogen) atoms. The van der Waals surface area contributed by atoms with E-state index < -0.39 is 28.6 Å². The lowest BCUT2D eigenvalue weighted by atomic mass is 10.1. The molecular formula is C14H8F2N2O3S. The lowest BCUT2D eigenvalue weighted by Crippen LogP contribution is -2.19. The number of hydrogen-bond donors (Lipinski definition) is 1. The number of hydrogen-bond acceptors (Lipinski definition) is 4. The minimum Gasteiger partial charge on any atom is -0.477 e. The number of aromatic nitrogens is 2. The SMILES string of the molecule is Cc1nscc1-n1cc(C(=O)O)c(=O)c2cc(F)c(F)cc21. The van der Waals surface area contributed by atoms with Gasteiger partial charge in [-0.25, -0.2) is 13.6 Å². The largest absolute Gasteiger partial charge is 0.477 e. The van der Waals surface area contributed by atoms with Crippen molar-refractivity contribution in [2.75, 3.05) is 0 Å². The van der Waals surface area contributed by atoms with Crippen LogP contribution in [0.5, 0.6) is 0 Å². The van der Waals surface area contributed by atoms with Gasteiger partial charge in [0.15, 0.2) is 11.6 Å². The number of benzene rings is 1. The standard InChI is InChI=1S/C14H8F2N2O3S/c1-6-12(5-22-17-6)18-4-8(14(20)21)13(19)7-2-9(15)10(16)3-11(7)18/h2-5H,1H3,(H,20,21). The Labute approximate surface area is 126 Å². The van der Waals surface area contributed by atoms with Gasteiger partial charge in [0, 0.05) is 17.6 Å². The van der Waals surface area contributed by atoms with Crippen molar-refractivity contribution in [1.82, 2.24) is 8.94 Å². The Morgan fingerprint density at radius 1 is 1.32 bits per heavy atom. The van der Waals surface area contributed by atoms with Crippen molar-refractivity contribution in [3.8, 4) is 5.69 Å². The molecule has 3 rings (SSSR count). The van der Waals surface area contributed by atoms with Crippen molar-refractivity contribution < 1.29 is 18.7 Å². The Hall–Kier alpha value is -2.61. The highest BCUT2D eigenvalue weighted by Crippen LogP contribution is 2.23. The van der Waals surface area contributed by atoms with E-state index in [1.807, 2.05) is 0 Å². The lowest BCUT2D eigenvalue weighted by Gasteiger charge is -2.12. The van der Waals surface area contributed by atoms with Crippen LogP contribution in [-0.2, 0) is 0 Å². The molecule has 3 aromatic rings. The van der Waals surface area contributed by atoms with Crippen LogP contribution < -0.4 is 5.43 Å². The Morgan fingerprint density at radius 2 is 2.00 bits per heavy atom. The molecule has 0 aliphatic rings. The third kappa shape index (κ3) is 2.08. The zero-order valence-electron chi connectivity index (χ0n) is 11.1. The summed E-state index contributed by atoms with van der Waals surface area (Å²) in [5.74, 6) is -3.77. The monoisotopic (exact) mass is 322 g/mol. The molecule has 0 aliphatic carbocycles. The average Bonchev–Trinajstić information content (AvgIpc) is 2.87. The molecule has 2 heterocycles. The highest BCUT2D eigenvalue weighted by molar-refractivity contribution is 7.04. The smallest absolute Gasteiger partial charge is 0.341 e. The molecule has 0 unspecified atom stereocenters. The summed E-state index contributed by atoms with van der Waals surface area (Å²) in [6, 6.07) is 1.58. The van der Waals surface area contributed by atoms with Gasteiger partial charge in [0.2, 0.25) is 5.43 Å². The normalized spacial score (nSPS) is 11.0. The van der Waals surface area contributed by atoms with Crippen molar-refractivity contribution in [1.29, 1.82) is 0 Å². The van der Waals surface area contributed by atoms with Crippen molar-refractivity contribution >= 4 is 28.4 Å². The molecule has 0 amide bonds. The summed E-state index contributed by atoms with van der Waals surface area (Å²) in [5, 5.41) is 10.6. The maximum absolute atomic E-state index is 13.5. The first-order chi connectivity index (χ1) is 10.4. The van der Waals surface area contributed by atoms with E-state index in [2.05, 4.69) is 4.37 Å². The summed E-state index contributed by atoms with van der Waals surface area (Å²) in [7, 11) is 0. The molecule has 0 fully saturated rings. The second-order valence-electron chi connectivity index (χ2n) is 4.62. The third-order valence-electron chi connectivity index (χ3n) is 3.26. The van der Waals surface area contributed by atoms with E-state index in [1.54, 1.807) is 12.3 Å². The van der Waals surface area contributed by atoms with Gasteiger partial charge in [-0.05, 0) is 24.5 Å². The predicted molar refractivity (Wildman–Crippen MR) is 76.8 cm³/mol. The summed E-state index contributed by atoms with van der Waals surface area (Å²) in [6.07, 6.45) is 1.10. The molecular weight excluding hydrogens is 314 g/mol. The highest BCUT2D eigenvalue weighted by atomic mass is 32.1. The van der Waals surface area contributed by atoms with E-state index in [0.717, 1.165) is 23.8 Å². The summed E-state index contributed by atoms with van der Waals surface area (Å²) >= 11 is 1.13. The minimum atomic E-state index is -1.44. The number of carboxylic acids is 1. The minimum absolute atomic E-state index is 0.0807. The molecule has 0 aliphatic heterocycles. The first-order valence-corrected chi connectivity index (χ1v) is 6.93. The summed E-state index contributed by atoms with van der Waals surface area (Å²) in [4.78, 5) is 23.4. The second-order valence-corrected chi connectivity index (χ2v) is 5.24. The lowest BCUT2D eigenvalue weighted by molar-refractivity contribution is 0.0695. The predicted octanol–water partition coefficient (Wildman–Crippen LogP) is 2.73. The van der Waals surface area contributed by atoms with Gasteiger partial charge >= 0.3 is 5.97 Å². The molecule has 112 valence electrons. The molecule has 0 spiro atoms. The van der Waals surface area contributed by atoms with Gasteiger partial charge < -0.3 is 9.67 Å². The van der Waals surface area contributed by atoms with Gasteiger partial charge in [-0.2, -0.15) is 4.37 Å². The van der Waals surface area contributed by atoms with Crippen molar-refractivity contribution in [2.45, 2.75) is 6.92 Å². The number of aromatic carboxylic acids is 1. The van der Waals surface area contributed by atoms with Gasteiger partial charge in [-0.15, -0.1) is 0 Å². The van der Waals surface area contributed by atoms with E-state index in [1.165, 1.54) is 4.57 Å². The number of rotatable bonds is 2. The van der Waals surface area contributed by atoms with Crippen LogP contribution in [0.3, 0.4) is 0 Å². The summed E-state index contributed by atoms with van der Waals surface area (Å²) < 4.78 is 32.4. The Bertz CT molecular complexity index is 978. The van der Waals surface area contributed by atoms with Gasteiger partial charge in [0.05, 0.1) is 22.3 Å². The van der Waals surface area contributed by atoms with E-state index in [-0.39, 0.29) is 10.9 Å². The van der Waals surface area contributed by atoms with E-state index >= 15 is 0 Å². The molecule has 1 N–H and O–H groups in total. The van der Waals surface area contributed by atoms with Crippen molar-refractivity contribution in [3.05, 3.63) is 56.8 Å². The Balaban J connectivity index is 2.53. The molecule has 0 saturated carbocycles. The summed E-state index contributed by atoms with van der Waals surface area (Å²) in [6.45, 7) is 1.69. The maximum Gasteiger partial charge on any atom is 0.341 e. The Kier molecular flexibility index (Phi) is 3.25. The highest BCUT2D eigenvalue weighted by Gasteiger charge is 2.18. The fourth-order valence-electron chi connectivity index (χ4n) is 2.19. The second kappa shape index (κ2) is 4.99. The number of fused-ring (bicyclic) bond motifs is 1. The first-order valence-electron chi connectivity index (χ1n) is 6.09. The molecule has 8 heteroatoms. The van der Waals surface area contributed by atoms with Gasteiger partial charge in [0.1, 0.15) is 5.56 Å². The summed E-state index contributed by atoms with van der Waals surface area (Å²) in [5.41, 5.74) is -0.223. The van der Waals surface area contributed by atoms with Crippen LogP contribution in [0.25, 0.3) is 16.6 Å².